The van der Waals surface area contributed by atoms with Crippen LogP contribution in [0.25, 0.3) is 0 Å². The summed E-state index contributed by atoms with van der Waals surface area (Å²) in [4.78, 5) is 3.89. The van der Waals surface area contributed by atoms with Gasteiger partial charge in [0.2, 0.25) is 0 Å². The SMILES string of the molecule is CCCC(CCC)c1cncc(F)c1. The van der Waals surface area contributed by atoms with Crippen LogP contribution >= 0.6 is 0 Å². The van der Waals surface area contributed by atoms with Gasteiger partial charge >= 0.3 is 0 Å². The summed E-state index contributed by atoms with van der Waals surface area (Å²) < 4.78 is 12.9. The average Bonchev–Trinajstić information content (AvgIpc) is 2.17. The minimum atomic E-state index is -0.222. The molecule has 0 bridgehead atoms. The van der Waals surface area contributed by atoms with Crippen molar-refractivity contribution in [1.29, 1.82) is 0 Å². The van der Waals surface area contributed by atoms with Crippen molar-refractivity contribution in [1.82, 2.24) is 4.98 Å². The zero-order valence-corrected chi connectivity index (χ0v) is 8.96. The monoisotopic (exact) mass is 195 g/mol. The van der Waals surface area contributed by atoms with Gasteiger partial charge in [-0.25, -0.2) is 4.39 Å². The minimum Gasteiger partial charge on any atom is -0.261 e. The van der Waals surface area contributed by atoms with E-state index >= 15 is 0 Å². The molecule has 0 spiro atoms. The minimum absolute atomic E-state index is 0.222. The first-order chi connectivity index (χ1) is 6.77. The summed E-state index contributed by atoms with van der Waals surface area (Å²) >= 11 is 0. The van der Waals surface area contributed by atoms with Crippen LogP contribution in [-0.2, 0) is 0 Å². The Hall–Kier alpha value is -0.920. The number of aromatic nitrogens is 1. The van der Waals surface area contributed by atoms with E-state index in [9.17, 15) is 4.39 Å². The number of nitrogens with zero attached hydrogens (tertiary/aromatic N) is 1. The highest BCUT2D eigenvalue weighted by atomic mass is 19.1. The highest BCUT2D eigenvalue weighted by Gasteiger charge is 2.10. The molecule has 14 heavy (non-hydrogen) atoms. The van der Waals surface area contributed by atoms with Crippen molar-refractivity contribution in [3.63, 3.8) is 0 Å². The maximum atomic E-state index is 12.9. The number of hydrogen-bond donors (Lipinski definition) is 0. The van der Waals surface area contributed by atoms with E-state index in [1.807, 2.05) is 0 Å². The van der Waals surface area contributed by atoms with Crippen LogP contribution in [0.15, 0.2) is 18.5 Å². The van der Waals surface area contributed by atoms with Crippen LogP contribution in [0.1, 0.15) is 51.0 Å². The number of pyridine rings is 1. The fourth-order valence-electron chi connectivity index (χ4n) is 1.83. The molecule has 1 nitrogen and oxygen atoms in total. The molecule has 0 aromatic carbocycles. The Labute approximate surface area is 85.4 Å². The van der Waals surface area contributed by atoms with Crippen molar-refractivity contribution < 1.29 is 4.39 Å². The molecule has 1 heterocycles. The zero-order chi connectivity index (χ0) is 10.4. The van der Waals surface area contributed by atoms with E-state index in [-0.39, 0.29) is 5.82 Å². The van der Waals surface area contributed by atoms with Crippen molar-refractivity contribution in [2.24, 2.45) is 0 Å². The average molecular weight is 195 g/mol. The lowest BCUT2D eigenvalue weighted by atomic mass is 9.92. The molecule has 0 saturated carbocycles. The van der Waals surface area contributed by atoms with E-state index in [0.717, 1.165) is 31.2 Å². The smallest absolute Gasteiger partial charge is 0.141 e. The first-order valence-electron chi connectivity index (χ1n) is 5.38. The maximum Gasteiger partial charge on any atom is 0.141 e. The zero-order valence-electron chi connectivity index (χ0n) is 8.96. The van der Waals surface area contributed by atoms with E-state index in [2.05, 4.69) is 18.8 Å². The molecule has 2 heteroatoms. The Morgan fingerprint density at radius 2 is 1.86 bits per heavy atom. The van der Waals surface area contributed by atoms with Crippen molar-refractivity contribution in [2.45, 2.75) is 45.4 Å². The summed E-state index contributed by atoms with van der Waals surface area (Å²) in [6.45, 7) is 4.32. The molecule has 0 atom stereocenters. The largest absolute Gasteiger partial charge is 0.261 e. The van der Waals surface area contributed by atoms with Gasteiger partial charge in [-0.15, -0.1) is 0 Å². The summed E-state index contributed by atoms with van der Waals surface area (Å²) in [6.07, 6.45) is 7.58. The molecular formula is C12H18FN. The first kappa shape index (κ1) is 11.2. The molecule has 78 valence electrons. The highest BCUT2D eigenvalue weighted by molar-refractivity contribution is 5.15. The van der Waals surface area contributed by atoms with Crippen molar-refractivity contribution in [2.75, 3.05) is 0 Å². The molecule has 0 aliphatic heterocycles. The molecule has 0 aliphatic rings. The van der Waals surface area contributed by atoms with Crippen molar-refractivity contribution >= 4 is 0 Å². The number of halogens is 1. The van der Waals surface area contributed by atoms with Gasteiger partial charge in [-0.3, -0.25) is 4.98 Å². The molecule has 1 aromatic rings. The van der Waals surface area contributed by atoms with E-state index in [0.29, 0.717) is 5.92 Å². The summed E-state index contributed by atoms with van der Waals surface area (Å²) in [5.41, 5.74) is 1.05. The summed E-state index contributed by atoms with van der Waals surface area (Å²) in [5.74, 6) is 0.257. The normalized spacial score (nSPS) is 10.9. The van der Waals surface area contributed by atoms with Crippen molar-refractivity contribution in [3.05, 3.63) is 29.8 Å². The highest BCUT2D eigenvalue weighted by Crippen LogP contribution is 2.25. The Morgan fingerprint density at radius 3 is 2.36 bits per heavy atom. The third-order valence-corrected chi connectivity index (χ3v) is 2.47. The van der Waals surface area contributed by atoms with E-state index < -0.39 is 0 Å². The van der Waals surface area contributed by atoms with Crippen LogP contribution < -0.4 is 0 Å². The fourth-order valence-corrected chi connectivity index (χ4v) is 1.83. The molecule has 0 unspecified atom stereocenters. The van der Waals surface area contributed by atoms with Crippen LogP contribution in [0.3, 0.4) is 0 Å². The first-order valence-corrected chi connectivity index (χ1v) is 5.38. The second kappa shape index (κ2) is 5.74. The van der Waals surface area contributed by atoms with Gasteiger partial charge in [-0.2, -0.15) is 0 Å². The Bertz CT molecular complexity index is 267. The van der Waals surface area contributed by atoms with Gasteiger partial charge in [0.25, 0.3) is 0 Å². The number of rotatable bonds is 5. The standard InChI is InChI=1S/C12H18FN/c1-3-5-10(6-4-2)11-7-12(13)9-14-8-11/h7-10H,3-6H2,1-2H3. The molecule has 1 rings (SSSR count). The molecule has 0 radical (unpaired) electrons. The molecule has 0 saturated heterocycles. The van der Waals surface area contributed by atoms with E-state index in [1.54, 1.807) is 12.3 Å². The van der Waals surface area contributed by atoms with Gasteiger partial charge in [0.1, 0.15) is 5.82 Å². The topological polar surface area (TPSA) is 12.9 Å². The summed E-state index contributed by atoms with van der Waals surface area (Å²) in [5, 5.41) is 0. The third-order valence-electron chi connectivity index (χ3n) is 2.47. The quantitative estimate of drug-likeness (QED) is 0.694. The summed E-state index contributed by atoms with van der Waals surface area (Å²) in [7, 11) is 0. The lowest BCUT2D eigenvalue weighted by Gasteiger charge is -2.14. The van der Waals surface area contributed by atoms with E-state index in [4.69, 9.17) is 0 Å². The Morgan fingerprint density at radius 1 is 1.21 bits per heavy atom. The molecule has 0 fully saturated rings. The Balaban J connectivity index is 2.75. The molecule has 0 amide bonds. The lowest BCUT2D eigenvalue weighted by Crippen LogP contribution is -1.99. The lowest BCUT2D eigenvalue weighted by molar-refractivity contribution is 0.549. The van der Waals surface area contributed by atoms with E-state index in [1.165, 1.54) is 6.20 Å². The molecule has 0 N–H and O–H groups in total. The van der Waals surface area contributed by atoms with Crippen molar-refractivity contribution in [3.8, 4) is 0 Å². The number of hydrogen-bond acceptors (Lipinski definition) is 1. The van der Waals surface area contributed by atoms with Gasteiger partial charge < -0.3 is 0 Å². The van der Waals surface area contributed by atoms with Gasteiger partial charge in [0, 0.05) is 6.20 Å². The molecule has 0 aliphatic carbocycles. The second-order valence-electron chi connectivity index (χ2n) is 3.71. The second-order valence-corrected chi connectivity index (χ2v) is 3.71. The fraction of sp³-hybridized carbons (Fsp3) is 0.583. The van der Waals surface area contributed by atoms with Crippen LogP contribution in [0.4, 0.5) is 4.39 Å². The van der Waals surface area contributed by atoms with Gasteiger partial charge in [-0.05, 0) is 30.4 Å². The predicted octanol–water partition coefficient (Wildman–Crippen LogP) is 3.90. The summed E-state index contributed by atoms with van der Waals surface area (Å²) in [6, 6.07) is 1.61. The molecule has 1 aromatic heterocycles. The van der Waals surface area contributed by atoms with Crippen LogP contribution in [0, 0.1) is 5.82 Å². The van der Waals surface area contributed by atoms with Gasteiger partial charge in [0.15, 0.2) is 0 Å². The maximum absolute atomic E-state index is 12.9. The predicted molar refractivity (Wildman–Crippen MR) is 56.8 cm³/mol. The van der Waals surface area contributed by atoms with Crippen LogP contribution in [0.5, 0.6) is 0 Å². The Kier molecular flexibility index (Phi) is 4.57. The van der Waals surface area contributed by atoms with Crippen LogP contribution in [0.2, 0.25) is 0 Å². The van der Waals surface area contributed by atoms with Crippen LogP contribution in [-0.4, -0.2) is 4.98 Å². The third kappa shape index (κ3) is 3.09. The van der Waals surface area contributed by atoms with Gasteiger partial charge in [0.05, 0.1) is 6.20 Å². The molecular weight excluding hydrogens is 177 g/mol. The van der Waals surface area contributed by atoms with Gasteiger partial charge in [-0.1, -0.05) is 26.7 Å².